The van der Waals surface area contributed by atoms with E-state index in [9.17, 15) is 0 Å². The SMILES string of the molecule is COc1nc(Cl)ccc1C1CO1. The van der Waals surface area contributed by atoms with Crippen molar-refractivity contribution in [3.63, 3.8) is 0 Å². The van der Waals surface area contributed by atoms with Gasteiger partial charge in [-0.05, 0) is 12.1 Å². The molecule has 0 amide bonds. The Morgan fingerprint density at radius 3 is 3.00 bits per heavy atom. The lowest BCUT2D eigenvalue weighted by molar-refractivity contribution is 0.372. The molecule has 1 aliphatic rings. The molecule has 1 unspecified atom stereocenters. The molecule has 64 valence electrons. The Labute approximate surface area is 75.3 Å². The number of hydrogen-bond donors (Lipinski definition) is 0. The molecular weight excluding hydrogens is 178 g/mol. The van der Waals surface area contributed by atoms with Crippen molar-refractivity contribution >= 4 is 11.6 Å². The lowest BCUT2D eigenvalue weighted by Gasteiger charge is -2.03. The lowest BCUT2D eigenvalue weighted by atomic mass is 10.2. The van der Waals surface area contributed by atoms with Gasteiger partial charge in [-0.25, -0.2) is 4.98 Å². The van der Waals surface area contributed by atoms with Gasteiger partial charge in [-0.1, -0.05) is 11.6 Å². The van der Waals surface area contributed by atoms with E-state index >= 15 is 0 Å². The molecule has 1 aromatic heterocycles. The fourth-order valence-electron chi connectivity index (χ4n) is 1.06. The number of rotatable bonds is 2. The highest BCUT2D eigenvalue weighted by Gasteiger charge is 2.28. The summed E-state index contributed by atoms with van der Waals surface area (Å²) in [6.07, 6.45) is 0.157. The molecule has 0 aromatic carbocycles. The third-order valence-electron chi connectivity index (χ3n) is 1.73. The molecule has 0 bridgehead atoms. The van der Waals surface area contributed by atoms with E-state index in [2.05, 4.69) is 4.98 Å². The second-order valence-corrected chi connectivity index (χ2v) is 2.94. The predicted molar refractivity (Wildman–Crippen MR) is 44.5 cm³/mol. The highest BCUT2D eigenvalue weighted by molar-refractivity contribution is 6.29. The minimum Gasteiger partial charge on any atom is -0.481 e. The summed E-state index contributed by atoms with van der Waals surface area (Å²) >= 11 is 5.69. The predicted octanol–water partition coefficient (Wildman–Crippen LogP) is 1.81. The molecule has 0 N–H and O–H groups in total. The molecule has 0 saturated carbocycles. The first-order chi connectivity index (χ1) is 5.81. The normalized spacial score (nSPS) is 20.7. The summed E-state index contributed by atoms with van der Waals surface area (Å²) in [5, 5.41) is 0.441. The van der Waals surface area contributed by atoms with Crippen LogP contribution in [0.25, 0.3) is 0 Å². The molecule has 1 atom stereocenters. The zero-order valence-corrected chi connectivity index (χ0v) is 7.34. The Hall–Kier alpha value is -0.800. The van der Waals surface area contributed by atoms with Crippen LogP contribution in [0, 0.1) is 0 Å². The maximum absolute atomic E-state index is 5.69. The van der Waals surface area contributed by atoms with Gasteiger partial charge in [-0.2, -0.15) is 0 Å². The van der Waals surface area contributed by atoms with Crippen LogP contribution in [0.2, 0.25) is 5.15 Å². The number of epoxide rings is 1. The molecular formula is C8H8ClNO2. The van der Waals surface area contributed by atoms with Crippen molar-refractivity contribution in [1.29, 1.82) is 0 Å². The van der Waals surface area contributed by atoms with E-state index in [0.717, 1.165) is 12.2 Å². The molecule has 0 spiro atoms. The number of ether oxygens (including phenoxy) is 2. The molecule has 3 nitrogen and oxygen atoms in total. The van der Waals surface area contributed by atoms with Crippen molar-refractivity contribution in [3.05, 3.63) is 22.8 Å². The summed E-state index contributed by atoms with van der Waals surface area (Å²) in [6.45, 7) is 0.750. The van der Waals surface area contributed by atoms with Crippen LogP contribution in [-0.4, -0.2) is 18.7 Å². The van der Waals surface area contributed by atoms with Crippen molar-refractivity contribution in [2.24, 2.45) is 0 Å². The molecule has 1 saturated heterocycles. The van der Waals surface area contributed by atoms with Crippen LogP contribution in [0.4, 0.5) is 0 Å². The van der Waals surface area contributed by atoms with E-state index in [1.54, 1.807) is 13.2 Å². The number of methoxy groups -OCH3 is 1. The van der Waals surface area contributed by atoms with E-state index < -0.39 is 0 Å². The average Bonchev–Trinajstić information content (AvgIpc) is 2.87. The van der Waals surface area contributed by atoms with Gasteiger partial charge in [-0.3, -0.25) is 0 Å². The molecule has 1 fully saturated rings. The summed E-state index contributed by atoms with van der Waals surface area (Å²) < 4.78 is 10.2. The van der Waals surface area contributed by atoms with Crippen LogP contribution in [0.5, 0.6) is 5.88 Å². The Morgan fingerprint density at radius 1 is 1.67 bits per heavy atom. The van der Waals surface area contributed by atoms with Crippen LogP contribution in [0.15, 0.2) is 12.1 Å². The molecule has 2 rings (SSSR count). The van der Waals surface area contributed by atoms with Gasteiger partial charge in [0.1, 0.15) is 11.3 Å². The monoisotopic (exact) mass is 185 g/mol. The second-order valence-electron chi connectivity index (χ2n) is 2.55. The van der Waals surface area contributed by atoms with Gasteiger partial charge in [0.15, 0.2) is 0 Å². The number of pyridine rings is 1. The lowest BCUT2D eigenvalue weighted by Crippen LogP contribution is -1.93. The van der Waals surface area contributed by atoms with Gasteiger partial charge in [0.05, 0.1) is 13.7 Å². The highest BCUT2D eigenvalue weighted by Crippen LogP contribution is 2.35. The second kappa shape index (κ2) is 2.92. The molecule has 4 heteroatoms. The van der Waals surface area contributed by atoms with Gasteiger partial charge < -0.3 is 9.47 Å². The zero-order valence-electron chi connectivity index (χ0n) is 6.58. The van der Waals surface area contributed by atoms with E-state index in [4.69, 9.17) is 21.1 Å². The molecule has 2 heterocycles. The van der Waals surface area contributed by atoms with Gasteiger partial charge in [-0.15, -0.1) is 0 Å². The van der Waals surface area contributed by atoms with Crippen LogP contribution in [0.3, 0.4) is 0 Å². The first-order valence-corrected chi connectivity index (χ1v) is 4.01. The quantitative estimate of drug-likeness (QED) is 0.521. The third-order valence-corrected chi connectivity index (χ3v) is 1.94. The van der Waals surface area contributed by atoms with E-state index in [1.165, 1.54) is 0 Å². The van der Waals surface area contributed by atoms with Crippen molar-refractivity contribution in [2.75, 3.05) is 13.7 Å². The first-order valence-electron chi connectivity index (χ1n) is 3.63. The van der Waals surface area contributed by atoms with Gasteiger partial charge in [0, 0.05) is 5.56 Å². The number of hydrogen-bond acceptors (Lipinski definition) is 3. The first kappa shape index (κ1) is 7.83. The largest absolute Gasteiger partial charge is 0.481 e. The maximum Gasteiger partial charge on any atom is 0.220 e. The highest BCUT2D eigenvalue weighted by atomic mass is 35.5. The zero-order chi connectivity index (χ0) is 8.55. The number of nitrogens with zero attached hydrogens (tertiary/aromatic N) is 1. The van der Waals surface area contributed by atoms with Crippen molar-refractivity contribution in [2.45, 2.75) is 6.10 Å². The minimum absolute atomic E-state index is 0.157. The van der Waals surface area contributed by atoms with Crippen molar-refractivity contribution < 1.29 is 9.47 Å². The molecule has 12 heavy (non-hydrogen) atoms. The standard InChI is InChI=1S/C8H8ClNO2/c1-11-8-5(6-4-12-6)2-3-7(9)10-8/h2-3,6H,4H2,1H3. The van der Waals surface area contributed by atoms with Gasteiger partial charge >= 0.3 is 0 Å². The topological polar surface area (TPSA) is 34.6 Å². The van der Waals surface area contributed by atoms with E-state index in [0.29, 0.717) is 11.0 Å². The molecule has 0 aliphatic carbocycles. The number of aromatic nitrogens is 1. The fraction of sp³-hybridized carbons (Fsp3) is 0.375. The molecule has 0 radical (unpaired) electrons. The van der Waals surface area contributed by atoms with Crippen molar-refractivity contribution in [1.82, 2.24) is 4.98 Å². The molecule has 1 aromatic rings. The Kier molecular flexibility index (Phi) is 1.90. The summed E-state index contributed by atoms with van der Waals surface area (Å²) in [6, 6.07) is 3.62. The maximum atomic E-state index is 5.69. The summed E-state index contributed by atoms with van der Waals surface area (Å²) in [5.41, 5.74) is 0.974. The van der Waals surface area contributed by atoms with Gasteiger partial charge in [0.25, 0.3) is 0 Å². The Morgan fingerprint density at radius 2 is 2.42 bits per heavy atom. The minimum atomic E-state index is 0.157. The smallest absolute Gasteiger partial charge is 0.220 e. The molecule has 1 aliphatic heterocycles. The van der Waals surface area contributed by atoms with Crippen LogP contribution in [-0.2, 0) is 4.74 Å². The Bertz CT molecular complexity index is 299. The van der Waals surface area contributed by atoms with Crippen molar-refractivity contribution in [3.8, 4) is 5.88 Å². The Balaban J connectivity index is 2.38. The summed E-state index contributed by atoms with van der Waals surface area (Å²) in [5.74, 6) is 0.560. The van der Waals surface area contributed by atoms with E-state index in [-0.39, 0.29) is 6.10 Å². The summed E-state index contributed by atoms with van der Waals surface area (Å²) in [4.78, 5) is 4.02. The van der Waals surface area contributed by atoms with Crippen LogP contribution in [0.1, 0.15) is 11.7 Å². The number of halogens is 1. The van der Waals surface area contributed by atoms with Crippen LogP contribution < -0.4 is 4.74 Å². The van der Waals surface area contributed by atoms with Crippen LogP contribution >= 0.6 is 11.6 Å². The third kappa shape index (κ3) is 1.38. The fourth-order valence-corrected chi connectivity index (χ4v) is 1.20. The summed E-state index contributed by atoms with van der Waals surface area (Å²) in [7, 11) is 1.57. The average molecular weight is 186 g/mol. The van der Waals surface area contributed by atoms with E-state index in [1.807, 2.05) is 6.07 Å². The van der Waals surface area contributed by atoms with Gasteiger partial charge in [0.2, 0.25) is 5.88 Å².